The number of rotatable bonds is 0. The van der Waals surface area contributed by atoms with E-state index in [2.05, 4.69) is 11.8 Å². The highest BCUT2D eigenvalue weighted by Crippen LogP contribution is 1.94. The maximum absolute atomic E-state index is 11.4. The Morgan fingerprint density at radius 1 is 0.778 bits per heavy atom. The molecular formula is C14H12N2O2. The number of nitrogens with zero attached hydrogens (tertiary/aromatic N) is 2. The molecule has 2 aromatic heterocycles. The third-order valence-electron chi connectivity index (χ3n) is 2.69. The molecule has 0 spiro atoms. The Morgan fingerprint density at radius 3 is 1.56 bits per heavy atom. The first-order valence-electron chi connectivity index (χ1n) is 5.44. The Morgan fingerprint density at radius 2 is 1.17 bits per heavy atom. The predicted octanol–water partition coefficient (Wildman–Crippen LogP) is 0.484. The molecule has 0 aromatic carbocycles. The second-order valence-corrected chi connectivity index (χ2v) is 3.87. The number of pyridine rings is 2. The van der Waals surface area contributed by atoms with Gasteiger partial charge in [0.25, 0.3) is 11.1 Å². The monoisotopic (exact) mass is 240 g/mol. The molecule has 0 bridgehead atoms. The quantitative estimate of drug-likeness (QED) is 0.629. The van der Waals surface area contributed by atoms with Gasteiger partial charge in [0.05, 0.1) is 11.4 Å². The lowest BCUT2D eigenvalue weighted by atomic mass is 10.3. The summed E-state index contributed by atoms with van der Waals surface area (Å²) < 4.78 is 2.93. The lowest BCUT2D eigenvalue weighted by molar-refractivity contribution is 0.839. The van der Waals surface area contributed by atoms with Gasteiger partial charge >= 0.3 is 0 Å². The zero-order valence-electron chi connectivity index (χ0n) is 10.2. The first-order valence-corrected chi connectivity index (χ1v) is 5.44. The van der Waals surface area contributed by atoms with Crippen molar-refractivity contribution < 1.29 is 0 Å². The smallest absolute Gasteiger partial charge is 0.251 e. The van der Waals surface area contributed by atoms with Crippen LogP contribution in [0.4, 0.5) is 0 Å². The largest absolute Gasteiger partial charge is 0.305 e. The highest BCUT2D eigenvalue weighted by molar-refractivity contribution is 5.36. The van der Waals surface area contributed by atoms with E-state index in [1.165, 1.54) is 21.3 Å². The highest BCUT2D eigenvalue weighted by atomic mass is 16.1. The van der Waals surface area contributed by atoms with Crippen molar-refractivity contribution in [3.8, 4) is 11.8 Å². The molecule has 18 heavy (non-hydrogen) atoms. The lowest BCUT2D eigenvalue weighted by Gasteiger charge is -2.01. The summed E-state index contributed by atoms with van der Waals surface area (Å²) in [4.78, 5) is 22.8. The van der Waals surface area contributed by atoms with Crippen molar-refractivity contribution in [3.05, 3.63) is 68.5 Å². The van der Waals surface area contributed by atoms with Crippen LogP contribution in [-0.2, 0) is 14.1 Å². The van der Waals surface area contributed by atoms with Crippen LogP contribution in [-0.4, -0.2) is 9.13 Å². The molecule has 0 atom stereocenters. The standard InChI is InChI=1S/C14H12N2O2/c1-15-11(5-3-7-13(15)17)9-10-12-6-4-8-14(18)16(12)2/h3-8H,1-2H3. The molecular weight excluding hydrogens is 228 g/mol. The van der Waals surface area contributed by atoms with Crippen LogP contribution in [0.15, 0.2) is 46.0 Å². The van der Waals surface area contributed by atoms with E-state index in [1.54, 1.807) is 38.4 Å². The molecule has 0 N–H and O–H groups in total. The van der Waals surface area contributed by atoms with Gasteiger partial charge in [0.1, 0.15) is 0 Å². The second-order valence-electron chi connectivity index (χ2n) is 3.87. The molecule has 4 nitrogen and oxygen atoms in total. The average Bonchev–Trinajstić information content (AvgIpc) is 2.36. The van der Waals surface area contributed by atoms with Crippen LogP contribution < -0.4 is 11.1 Å². The topological polar surface area (TPSA) is 44.0 Å². The summed E-state index contributed by atoms with van der Waals surface area (Å²) >= 11 is 0. The first kappa shape index (κ1) is 11.9. The van der Waals surface area contributed by atoms with Crippen molar-refractivity contribution in [2.45, 2.75) is 0 Å². The SMILES string of the molecule is Cn1c(C#Cc2cccc(=O)n2C)cccc1=O. The summed E-state index contributed by atoms with van der Waals surface area (Å²) in [5.41, 5.74) is 1.00. The maximum Gasteiger partial charge on any atom is 0.251 e. The predicted molar refractivity (Wildman–Crippen MR) is 69.3 cm³/mol. The summed E-state index contributed by atoms with van der Waals surface area (Å²) in [5.74, 6) is 5.78. The van der Waals surface area contributed by atoms with Gasteiger partial charge < -0.3 is 9.13 Å². The van der Waals surface area contributed by atoms with Crippen LogP contribution in [0.3, 0.4) is 0 Å². The van der Waals surface area contributed by atoms with Crippen LogP contribution in [0.25, 0.3) is 0 Å². The normalized spacial score (nSPS) is 9.67. The van der Waals surface area contributed by atoms with Crippen molar-refractivity contribution in [3.63, 3.8) is 0 Å². The lowest BCUT2D eigenvalue weighted by Crippen LogP contribution is -2.18. The molecule has 0 saturated carbocycles. The molecule has 0 aliphatic rings. The maximum atomic E-state index is 11.4. The van der Waals surface area contributed by atoms with Gasteiger partial charge in [-0.15, -0.1) is 0 Å². The van der Waals surface area contributed by atoms with Gasteiger partial charge in [-0.3, -0.25) is 9.59 Å². The number of hydrogen-bond acceptors (Lipinski definition) is 2. The van der Waals surface area contributed by atoms with Crippen molar-refractivity contribution in [2.24, 2.45) is 14.1 Å². The zero-order chi connectivity index (χ0) is 13.1. The van der Waals surface area contributed by atoms with Crippen molar-refractivity contribution in [2.75, 3.05) is 0 Å². The van der Waals surface area contributed by atoms with Crippen molar-refractivity contribution in [1.82, 2.24) is 9.13 Å². The average molecular weight is 240 g/mol. The second kappa shape index (κ2) is 4.76. The van der Waals surface area contributed by atoms with Crippen molar-refractivity contribution in [1.29, 1.82) is 0 Å². The summed E-state index contributed by atoms with van der Waals surface area (Å²) in [6.45, 7) is 0. The molecule has 0 radical (unpaired) electrons. The molecule has 0 aliphatic carbocycles. The Bertz CT molecular complexity index is 694. The van der Waals surface area contributed by atoms with E-state index in [0.29, 0.717) is 11.4 Å². The minimum Gasteiger partial charge on any atom is -0.305 e. The van der Waals surface area contributed by atoms with Gasteiger partial charge in [-0.05, 0) is 24.0 Å². The van der Waals surface area contributed by atoms with Gasteiger partial charge in [0, 0.05) is 26.2 Å². The summed E-state index contributed by atoms with van der Waals surface area (Å²) in [7, 11) is 3.33. The molecule has 4 heteroatoms. The van der Waals surface area contributed by atoms with E-state index in [9.17, 15) is 9.59 Å². The Balaban J connectivity index is 2.50. The molecule has 0 saturated heterocycles. The molecule has 0 unspecified atom stereocenters. The fourth-order valence-corrected chi connectivity index (χ4v) is 1.51. The highest BCUT2D eigenvalue weighted by Gasteiger charge is 1.96. The zero-order valence-corrected chi connectivity index (χ0v) is 10.2. The summed E-state index contributed by atoms with van der Waals surface area (Å²) in [6.07, 6.45) is 0. The van der Waals surface area contributed by atoms with Gasteiger partial charge in [-0.2, -0.15) is 0 Å². The third kappa shape index (κ3) is 2.25. The Kier molecular flexibility index (Phi) is 3.16. The van der Waals surface area contributed by atoms with E-state index in [1.807, 2.05) is 0 Å². The van der Waals surface area contributed by atoms with E-state index < -0.39 is 0 Å². The van der Waals surface area contributed by atoms with Crippen LogP contribution in [0.5, 0.6) is 0 Å². The van der Waals surface area contributed by atoms with E-state index >= 15 is 0 Å². The Labute approximate surface area is 104 Å². The fourth-order valence-electron chi connectivity index (χ4n) is 1.51. The van der Waals surface area contributed by atoms with Gasteiger partial charge in [-0.25, -0.2) is 0 Å². The Hall–Kier alpha value is -2.54. The summed E-state index contributed by atoms with van der Waals surface area (Å²) in [6, 6.07) is 9.80. The van der Waals surface area contributed by atoms with Crippen molar-refractivity contribution >= 4 is 0 Å². The minimum atomic E-state index is -0.108. The molecule has 2 heterocycles. The van der Waals surface area contributed by atoms with Gasteiger partial charge in [0.2, 0.25) is 0 Å². The third-order valence-corrected chi connectivity index (χ3v) is 2.69. The van der Waals surface area contributed by atoms with E-state index in [-0.39, 0.29) is 11.1 Å². The summed E-state index contributed by atoms with van der Waals surface area (Å²) in [5, 5.41) is 0. The van der Waals surface area contributed by atoms with E-state index in [4.69, 9.17) is 0 Å². The number of aromatic nitrogens is 2. The van der Waals surface area contributed by atoms with Gasteiger partial charge in [0.15, 0.2) is 0 Å². The fraction of sp³-hybridized carbons (Fsp3) is 0.143. The first-order chi connectivity index (χ1) is 8.59. The van der Waals surface area contributed by atoms with Crippen LogP contribution in [0.1, 0.15) is 11.4 Å². The molecule has 0 fully saturated rings. The molecule has 90 valence electrons. The van der Waals surface area contributed by atoms with Gasteiger partial charge in [-0.1, -0.05) is 12.1 Å². The minimum absolute atomic E-state index is 0.108. The van der Waals surface area contributed by atoms with Crippen LogP contribution in [0.2, 0.25) is 0 Å². The van der Waals surface area contributed by atoms with E-state index in [0.717, 1.165) is 0 Å². The molecule has 0 aliphatic heterocycles. The van der Waals surface area contributed by atoms with Crippen LogP contribution >= 0.6 is 0 Å². The molecule has 0 amide bonds. The molecule has 2 aromatic rings. The molecule has 2 rings (SSSR count). The van der Waals surface area contributed by atoms with Crippen LogP contribution in [0, 0.1) is 11.8 Å². The number of hydrogen-bond donors (Lipinski definition) is 0.